The van der Waals surface area contributed by atoms with Gasteiger partial charge in [0.25, 0.3) is 5.91 Å². The van der Waals surface area contributed by atoms with Gasteiger partial charge in [-0.05, 0) is 49.2 Å². The monoisotopic (exact) mass is 461 g/mol. The Morgan fingerprint density at radius 1 is 1.07 bits per heavy atom. The Hall–Kier alpha value is -1.73. The molecular weight excluding hydrogens is 433 g/mol. The summed E-state index contributed by atoms with van der Waals surface area (Å²) in [6.45, 7) is 9.23. The second-order valence-electron chi connectivity index (χ2n) is 6.80. The van der Waals surface area contributed by atoms with Gasteiger partial charge in [0.05, 0.1) is 0 Å². The molecule has 162 valence electrons. The Labute approximate surface area is 191 Å². The van der Waals surface area contributed by atoms with Crippen molar-refractivity contribution in [1.29, 1.82) is 0 Å². The molecule has 0 saturated carbocycles. The second kappa shape index (κ2) is 12.8. The maximum Gasteiger partial charge on any atom is 0.251 e. The van der Waals surface area contributed by atoms with E-state index in [9.17, 15) is 4.79 Å². The molecule has 1 aliphatic heterocycles. The quantitative estimate of drug-likeness (QED) is 0.668. The van der Waals surface area contributed by atoms with Crippen molar-refractivity contribution in [3.05, 3.63) is 53.2 Å². The molecule has 6 nitrogen and oxygen atoms in total. The molecule has 29 heavy (non-hydrogen) atoms. The number of hydrogen-bond donors (Lipinski definition) is 2. The molecule has 3 N–H and O–H groups in total. The smallest absolute Gasteiger partial charge is 0.251 e. The summed E-state index contributed by atoms with van der Waals surface area (Å²) in [5, 5.41) is 3.04. The fourth-order valence-corrected chi connectivity index (χ4v) is 3.51. The topological polar surface area (TPSA) is 74.5 Å². The first-order valence-electron chi connectivity index (χ1n) is 9.08. The van der Waals surface area contributed by atoms with E-state index in [2.05, 4.69) is 20.1 Å². The number of halogens is 3. The molecule has 1 fully saturated rings. The maximum absolute atomic E-state index is 12.5. The average Bonchev–Trinajstić information content (AvgIpc) is 2.62. The first-order valence-corrected chi connectivity index (χ1v) is 9.08. The van der Waals surface area contributed by atoms with Gasteiger partial charge in [-0.1, -0.05) is 6.07 Å². The number of nitrogens with two attached hydrogens (primary N) is 1. The summed E-state index contributed by atoms with van der Waals surface area (Å²) < 4.78 is 0. The van der Waals surface area contributed by atoms with Crippen LogP contribution in [0.1, 0.15) is 21.5 Å². The Kier molecular flexibility index (Phi) is 12.0. The molecule has 2 heterocycles. The van der Waals surface area contributed by atoms with Crippen LogP contribution in [-0.4, -0.2) is 55.1 Å². The highest BCUT2D eigenvalue weighted by Crippen LogP contribution is 2.18. The second-order valence-corrected chi connectivity index (χ2v) is 6.80. The van der Waals surface area contributed by atoms with Crippen LogP contribution in [0.2, 0.25) is 0 Å². The van der Waals surface area contributed by atoms with Crippen LogP contribution < -0.4 is 16.0 Å². The van der Waals surface area contributed by atoms with Gasteiger partial charge in [0.1, 0.15) is 5.82 Å². The van der Waals surface area contributed by atoms with E-state index in [0.717, 1.165) is 55.2 Å². The van der Waals surface area contributed by atoms with Gasteiger partial charge in [0.15, 0.2) is 0 Å². The molecule has 0 atom stereocenters. The van der Waals surface area contributed by atoms with Crippen LogP contribution >= 0.6 is 37.2 Å². The lowest BCUT2D eigenvalue weighted by atomic mass is 10.0. The molecule has 1 amide bonds. The summed E-state index contributed by atoms with van der Waals surface area (Å²) in [6.07, 6.45) is 1.83. The number of nitrogens with one attached hydrogen (secondary N) is 1. The van der Waals surface area contributed by atoms with E-state index in [0.29, 0.717) is 12.2 Å². The lowest BCUT2D eigenvalue weighted by molar-refractivity contribution is 0.0946. The third kappa shape index (κ3) is 7.23. The minimum atomic E-state index is -0.0212. The maximum atomic E-state index is 12.5. The van der Waals surface area contributed by atoms with Crippen LogP contribution in [0.4, 0.5) is 11.5 Å². The van der Waals surface area contributed by atoms with E-state index < -0.39 is 0 Å². The van der Waals surface area contributed by atoms with Gasteiger partial charge in [0.2, 0.25) is 0 Å². The molecule has 2 aromatic rings. The van der Waals surface area contributed by atoms with E-state index in [4.69, 9.17) is 5.73 Å². The van der Waals surface area contributed by atoms with Gasteiger partial charge in [-0.25, -0.2) is 4.98 Å². The van der Waals surface area contributed by atoms with Gasteiger partial charge in [-0.3, -0.25) is 9.69 Å². The zero-order valence-corrected chi connectivity index (χ0v) is 19.2. The van der Waals surface area contributed by atoms with Gasteiger partial charge in [-0.15, -0.1) is 37.2 Å². The summed E-state index contributed by atoms with van der Waals surface area (Å²) in [7, 11) is 0. The molecule has 0 unspecified atom stereocenters. The zero-order valence-electron chi connectivity index (χ0n) is 16.8. The van der Waals surface area contributed by atoms with Crippen molar-refractivity contribution in [1.82, 2.24) is 15.2 Å². The van der Waals surface area contributed by atoms with Crippen molar-refractivity contribution >= 4 is 54.6 Å². The van der Waals surface area contributed by atoms with Crippen LogP contribution in [0, 0.1) is 13.8 Å². The molecule has 0 spiro atoms. The Bertz CT molecular complexity index is 745. The first-order chi connectivity index (χ1) is 12.5. The molecule has 1 aliphatic rings. The van der Waals surface area contributed by atoms with Crippen molar-refractivity contribution in [3.63, 3.8) is 0 Å². The Morgan fingerprint density at radius 2 is 1.69 bits per heavy atom. The molecule has 9 heteroatoms. The summed E-state index contributed by atoms with van der Waals surface area (Å²) in [4.78, 5) is 21.6. The van der Waals surface area contributed by atoms with Crippen molar-refractivity contribution < 1.29 is 4.79 Å². The number of amides is 1. The van der Waals surface area contributed by atoms with E-state index in [1.54, 1.807) is 0 Å². The number of anilines is 2. The van der Waals surface area contributed by atoms with Gasteiger partial charge >= 0.3 is 0 Å². The van der Waals surface area contributed by atoms with Crippen LogP contribution in [0.15, 0.2) is 36.5 Å². The number of hydrogen-bond acceptors (Lipinski definition) is 5. The Balaban J connectivity index is 0.00000261. The summed E-state index contributed by atoms with van der Waals surface area (Å²) >= 11 is 0. The van der Waals surface area contributed by atoms with Crippen molar-refractivity contribution in [2.24, 2.45) is 0 Å². The minimum absolute atomic E-state index is 0. The van der Waals surface area contributed by atoms with Crippen LogP contribution in [0.3, 0.4) is 0 Å². The number of pyridine rings is 1. The lowest BCUT2D eigenvalue weighted by Crippen LogP contribution is -2.48. The summed E-state index contributed by atoms with van der Waals surface area (Å²) in [6, 6.07) is 9.70. The van der Waals surface area contributed by atoms with E-state index in [1.807, 2.05) is 50.4 Å². The van der Waals surface area contributed by atoms with Crippen molar-refractivity contribution in [2.75, 3.05) is 49.9 Å². The molecule has 1 aromatic carbocycles. The van der Waals surface area contributed by atoms with Crippen molar-refractivity contribution in [2.45, 2.75) is 13.8 Å². The standard InChI is InChI=1S/C20H27N5O.3ClH/c1-15-13-17(21)14-16(2)19(15)20(26)23-7-8-24-9-11-25(12-10-24)18-5-3-4-6-22-18;;;/h3-6,13-14H,7-12,21H2,1-2H3,(H,23,26);3*1H. The molecule has 1 saturated heterocycles. The summed E-state index contributed by atoms with van der Waals surface area (Å²) in [5.41, 5.74) is 9.11. The van der Waals surface area contributed by atoms with Gasteiger partial charge in [0, 0.05) is 56.7 Å². The normalized spacial score (nSPS) is 13.5. The third-order valence-electron chi connectivity index (χ3n) is 4.84. The molecule has 0 radical (unpaired) electrons. The van der Waals surface area contributed by atoms with E-state index in [1.165, 1.54) is 0 Å². The number of carbonyl (C=O) groups is 1. The van der Waals surface area contributed by atoms with Crippen LogP contribution in [-0.2, 0) is 0 Å². The number of piperazine rings is 1. The number of benzene rings is 1. The largest absolute Gasteiger partial charge is 0.399 e. The number of aryl methyl sites for hydroxylation is 2. The highest BCUT2D eigenvalue weighted by Gasteiger charge is 2.18. The number of rotatable bonds is 5. The number of nitrogens with zero attached hydrogens (tertiary/aromatic N) is 3. The first kappa shape index (κ1) is 27.3. The predicted octanol–water partition coefficient (Wildman–Crippen LogP) is 3.10. The molecule has 0 bridgehead atoms. The van der Waals surface area contributed by atoms with E-state index >= 15 is 0 Å². The van der Waals surface area contributed by atoms with Gasteiger partial charge < -0.3 is 16.0 Å². The Morgan fingerprint density at radius 3 is 2.24 bits per heavy atom. The molecule has 1 aromatic heterocycles. The average molecular weight is 463 g/mol. The third-order valence-corrected chi connectivity index (χ3v) is 4.84. The van der Waals surface area contributed by atoms with Crippen LogP contribution in [0.5, 0.6) is 0 Å². The summed E-state index contributed by atoms with van der Waals surface area (Å²) in [5.74, 6) is 1.02. The van der Waals surface area contributed by atoms with Crippen LogP contribution in [0.25, 0.3) is 0 Å². The van der Waals surface area contributed by atoms with Crippen molar-refractivity contribution in [3.8, 4) is 0 Å². The minimum Gasteiger partial charge on any atom is -0.399 e. The highest BCUT2D eigenvalue weighted by molar-refractivity contribution is 5.97. The predicted molar refractivity (Wildman–Crippen MR) is 127 cm³/mol. The molecular formula is C20H30Cl3N5O. The number of nitrogen functional groups attached to an aromatic ring is 1. The number of carbonyl (C=O) groups excluding carboxylic acids is 1. The molecule has 0 aliphatic carbocycles. The van der Waals surface area contributed by atoms with Gasteiger partial charge in [-0.2, -0.15) is 0 Å². The number of aromatic nitrogens is 1. The highest BCUT2D eigenvalue weighted by atomic mass is 35.5. The molecule has 3 rings (SSSR count). The SMILES string of the molecule is Cc1cc(N)cc(C)c1C(=O)NCCN1CCN(c2ccccn2)CC1.Cl.Cl.Cl. The fourth-order valence-electron chi connectivity index (χ4n) is 3.51. The lowest BCUT2D eigenvalue weighted by Gasteiger charge is -2.35. The van der Waals surface area contributed by atoms with E-state index in [-0.39, 0.29) is 43.1 Å². The zero-order chi connectivity index (χ0) is 18.5. The fraction of sp³-hybridized carbons (Fsp3) is 0.400.